The molecule has 6 nitrogen and oxygen atoms in total. The van der Waals surface area contributed by atoms with E-state index in [-0.39, 0.29) is 5.41 Å². The van der Waals surface area contributed by atoms with E-state index in [0.29, 0.717) is 11.6 Å². The molecular weight excluding hydrogens is 252 g/mol. The van der Waals surface area contributed by atoms with Gasteiger partial charge < -0.3 is 0 Å². The molecule has 0 spiro atoms. The van der Waals surface area contributed by atoms with Gasteiger partial charge in [-0.05, 0) is 6.07 Å². The van der Waals surface area contributed by atoms with Crippen LogP contribution in [0.15, 0.2) is 30.9 Å². The van der Waals surface area contributed by atoms with Crippen molar-refractivity contribution in [2.24, 2.45) is 0 Å². The maximum absolute atomic E-state index is 9.09. The van der Waals surface area contributed by atoms with Crippen molar-refractivity contribution in [1.29, 1.82) is 5.26 Å². The van der Waals surface area contributed by atoms with Crippen LogP contribution >= 0.6 is 0 Å². The van der Waals surface area contributed by atoms with Crippen molar-refractivity contribution in [2.45, 2.75) is 26.2 Å². The number of nitrogens with zero attached hydrogens (tertiary/aromatic N) is 6. The zero-order valence-corrected chi connectivity index (χ0v) is 11.6. The Kier molecular flexibility index (Phi) is 2.57. The quantitative estimate of drug-likeness (QED) is 0.676. The highest BCUT2D eigenvalue weighted by Crippen LogP contribution is 2.24. The molecule has 3 heterocycles. The number of hydrogen-bond acceptors (Lipinski definition) is 4. The van der Waals surface area contributed by atoms with Gasteiger partial charge in [0.2, 0.25) is 5.82 Å². The van der Waals surface area contributed by atoms with Gasteiger partial charge >= 0.3 is 0 Å². The van der Waals surface area contributed by atoms with Crippen LogP contribution in [0.1, 0.15) is 32.3 Å². The van der Waals surface area contributed by atoms with Crippen molar-refractivity contribution in [2.75, 3.05) is 0 Å². The summed E-state index contributed by atoms with van der Waals surface area (Å²) in [6.07, 6.45) is 6.79. The Balaban J connectivity index is 2.28. The standard InChI is InChI=1S/C14H14N6/c1-14(2,3)11-8-10-13(17-5-7-20(10)18-11)19-6-4-16-12(19)9-15/h4-8H,1-3H3. The van der Waals surface area contributed by atoms with E-state index in [2.05, 4.69) is 41.9 Å². The topological polar surface area (TPSA) is 71.8 Å². The molecule has 100 valence electrons. The Hall–Kier alpha value is -2.68. The third-order valence-electron chi connectivity index (χ3n) is 3.11. The van der Waals surface area contributed by atoms with E-state index in [4.69, 9.17) is 5.26 Å². The summed E-state index contributed by atoms with van der Waals surface area (Å²) in [7, 11) is 0. The average Bonchev–Trinajstić information content (AvgIpc) is 3.03. The minimum atomic E-state index is -0.0454. The summed E-state index contributed by atoms with van der Waals surface area (Å²) in [5, 5.41) is 13.7. The fourth-order valence-corrected chi connectivity index (χ4v) is 2.02. The van der Waals surface area contributed by atoms with Crippen LogP contribution in [0, 0.1) is 11.3 Å². The number of fused-ring (bicyclic) bond motifs is 1. The van der Waals surface area contributed by atoms with E-state index >= 15 is 0 Å². The molecule has 0 N–H and O–H groups in total. The molecule has 6 heteroatoms. The van der Waals surface area contributed by atoms with Crippen molar-refractivity contribution in [3.8, 4) is 11.9 Å². The van der Waals surface area contributed by atoms with Gasteiger partial charge in [-0.25, -0.2) is 14.5 Å². The summed E-state index contributed by atoms with van der Waals surface area (Å²) in [5.74, 6) is 0.966. The van der Waals surface area contributed by atoms with Crippen LogP contribution in [0.5, 0.6) is 0 Å². The van der Waals surface area contributed by atoms with Crippen molar-refractivity contribution >= 4 is 5.52 Å². The van der Waals surface area contributed by atoms with E-state index in [0.717, 1.165) is 11.2 Å². The first-order valence-corrected chi connectivity index (χ1v) is 6.29. The van der Waals surface area contributed by atoms with Crippen LogP contribution in [-0.4, -0.2) is 24.1 Å². The summed E-state index contributed by atoms with van der Waals surface area (Å²) in [4.78, 5) is 8.37. The molecule has 0 saturated heterocycles. The molecule has 0 aliphatic heterocycles. The largest absolute Gasteiger partial charge is 0.274 e. The molecule has 0 fully saturated rings. The maximum atomic E-state index is 9.09. The van der Waals surface area contributed by atoms with Crippen molar-refractivity contribution < 1.29 is 0 Å². The summed E-state index contributed by atoms with van der Waals surface area (Å²) in [6, 6.07) is 4.06. The van der Waals surface area contributed by atoms with Gasteiger partial charge in [0.1, 0.15) is 11.6 Å². The van der Waals surface area contributed by atoms with Crippen molar-refractivity contribution in [3.05, 3.63) is 42.4 Å². The normalized spacial score (nSPS) is 11.7. The fraction of sp³-hybridized carbons (Fsp3) is 0.286. The summed E-state index contributed by atoms with van der Waals surface area (Å²) in [5.41, 5.74) is 1.79. The molecule has 0 saturated carbocycles. The second-order valence-corrected chi connectivity index (χ2v) is 5.59. The highest BCUT2D eigenvalue weighted by molar-refractivity contribution is 5.62. The molecule has 20 heavy (non-hydrogen) atoms. The van der Waals surface area contributed by atoms with E-state index < -0.39 is 0 Å². The lowest BCUT2D eigenvalue weighted by atomic mass is 9.92. The zero-order chi connectivity index (χ0) is 14.3. The molecule has 0 unspecified atom stereocenters. The summed E-state index contributed by atoms with van der Waals surface area (Å²) >= 11 is 0. The minimum Gasteiger partial charge on any atom is -0.274 e. The van der Waals surface area contributed by atoms with Crippen molar-refractivity contribution in [1.82, 2.24) is 24.1 Å². The minimum absolute atomic E-state index is 0.0454. The first kappa shape index (κ1) is 12.4. The lowest BCUT2D eigenvalue weighted by molar-refractivity contribution is 0.562. The fourth-order valence-electron chi connectivity index (χ4n) is 2.02. The van der Waals surface area contributed by atoms with Gasteiger partial charge in [-0.2, -0.15) is 10.4 Å². The monoisotopic (exact) mass is 266 g/mol. The van der Waals surface area contributed by atoms with Gasteiger partial charge in [0.15, 0.2) is 5.82 Å². The molecule has 0 aliphatic carbocycles. The van der Waals surface area contributed by atoms with Gasteiger partial charge in [-0.15, -0.1) is 0 Å². The van der Waals surface area contributed by atoms with Crippen LogP contribution in [0.4, 0.5) is 0 Å². The van der Waals surface area contributed by atoms with Crippen LogP contribution in [-0.2, 0) is 5.41 Å². The summed E-state index contributed by atoms with van der Waals surface area (Å²) < 4.78 is 3.45. The molecule has 3 aromatic heterocycles. The molecule has 0 atom stereocenters. The molecule has 0 bridgehead atoms. The molecule has 3 aromatic rings. The number of rotatable bonds is 1. The van der Waals surface area contributed by atoms with E-state index in [9.17, 15) is 0 Å². The summed E-state index contributed by atoms with van der Waals surface area (Å²) in [6.45, 7) is 6.33. The smallest absolute Gasteiger partial charge is 0.218 e. The second-order valence-electron chi connectivity index (χ2n) is 5.59. The predicted octanol–water partition coefficient (Wildman–Crippen LogP) is 2.08. The molecule has 0 amide bonds. The zero-order valence-electron chi connectivity index (χ0n) is 11.6. The third-order valence-corrected chi connectivity index (χ3v) is 3.11. The van der Waals surface area contributed by atoms with Gasteiger partial charge in [-0.1, -0.05) is 20.8 Å². The Morgan fingerprint density at radius 1 is 1.15 bits per heavy atom. The predicted molar refractivity (Wildman–Crippen MR) is 73.5 cm³/mol. The molecule has 0 aromatic carbocycles. The Labute approximate surface area is 116 Å². The number of hydrogen-bond donors (Lipinski definition) is 0. The lowest BCUT2D eigenvalue weighted by Gasteiger charge is -2.13. The van der Waals surface area contributed by atoms with Crippen LogP contribution in [0.2, 0.25) is 0 Å². The third kappa shape index (κ3) is 1.84. The van der Waals surface area contributed by atoms with Crippen LogP contribution < -0.4 is 0 Å². The Morgan fingerprint density at radius 2 is 1.90 bits per heavy atom. The first-order valence-electron chi connectivity index (χ1n) is 6.29. The molecular formula is C14H14N6. The van der Waals surface area contributed by atoms with Gasteiger partial charge in [0.05, 0.1) is 5.69 Å². The van der Waals surface area contributed by atoms with Crippen LogP contribution in [0.3, 0.4) is 0 Å². The molecule has 3 rings (SSSR count). The highest BCUT2D eigenvalue weighted by Gasteiger charge is 2.20. The Bertz CT molecular complexity index is 812. The number of aromatic nitrogens is 5. The number of imidazole rings is 1. The van der Waals surface area contributed by atoms with Crippen molar-refractivity contribution in [3.63, 3.8) is 0 Å². The maximum Gasteiger partial charge on any atom is 0.218 e. The van der Waals surface area contributed by atoms with Crippen LogP contribution in [0.25, 0.3) is 11.3 Å². The Morgan fingerprint density at radius 3 is 2.60 bits per heavy atom. The van der Waals surface area contributed by atoms with E-state index in [1.165, 1.54) is 0 Å². The highest BCUT2D eigenvalue weighted by atomic mass is 15.3. The SMILES string of the molecule is CC(C)(C)c1cc2c(-n3ccnc3C#N)nccn2n1. The number of nitriles is 1. The molecule has 0 radical (unpaired) electrons. The van der Waals surface area contributed by atoms with E-state index in [1.54, 1.807) is 33.9 Å². The average molecular weight is 266 g/mol. The van der Waals surface area contributed by atoms with E-state index in [1.807, 2.05) is 6.07 Å². The van der Waals surface area contributed by atoms with Gasteiger partial charge in [0, 0.05) is 30.2 Å². The second kappa shape index (κ2) is 4.17. The van der Waals surface area contributed by atoms with Gasteiger partial charge in [0.25, 0.3) is 0 Å². The van der Waals surface area contributed by atoms with Gasteiger partial charge in [-0.3, -0.25) is 4.57 Å². The molecule has 0 aliphatic rings. The lowest BCUT2D eigenvalue weighted by Crippen LogP contribution is -2.11. The first-order chi connectivity index (χ1) is 9.50.